The molecule has 0 radical (unpaired) electrons. The summed E-state index contributed by atoms with van der Waals surface area (Å²) in [5.74, 6) is -0.323. The van der Waals surface area contributed by atoms with E-state index in [1.807, 2.05) is 30.3 Å². The molecule has 1 atom stereocenters. The van der Waals surface area contributed by atoms with Crippen LogP contribution in [-0.2, 0) is 6.42 Å². The number of rotatable bonds is 5. The highest BCUT2D eigenvalue weighted by Gasteiger charge is 2.13. The van der Waals surface area contributed by atoms with Gasteiger partial charge in [-0.25, -0.2) is 0 Å². The molecule has 2 rings (SSSR count). The topological polar surface area (TPSA) is 82.2 Å². The number of hydrogen-bond acceptors (Lipinski definition) is 3. The first-order valence-corrected chi connectivity index (χ1v) is 6.33. The third-order valence-corrected chi connectivity index (χ3v) is 2.93. The van der Waals surface area contributed by atoms with Crippen molar-refractivity contribution in [2.24, 2.45) is 0 Å². The van der Waals surface area contributed by atoms with Crippen LogP contribution in [0.3, 0.4) is 0 Å². The van der Waals surface area contributed by atoms with Crippen LogP contribution < -0.4 is 10.9 Å². The monoisotopic (exact) mass is 272 g/mol. The van der Waals surface area contributed by atoms with Crippen LogP contribution in [-0.4, -0.2) is 28.6 Å². The highest BCUT2D eigenvalue weighted by Crippen LogP contribution is 2.04. The van der Waals surface area contributed by atoms with Crippen molar-refractivity contribution < 1.29 is 9.90 Å². The second-order valence-electron chi connectivity index (χ2n) is 4.48. The summed E-state index contributed by atoms with van der Waals surface area (Å²) in [6.45, 7) is -0.149. The molecule has 0 unspecified atom stereocenters. The quantitative estimate of drug-likeness (QED) is 0.749. The molecule has 104 valence electrons. The Bertz CT molecular complexity index is 602. The lowest BCUT2D eigenvalue weighted by Gasteiger charge is -2.16. The molecular formula is C15H16N2O3. The average Bonchev–Trinajstić information content (AvgIpc) is 2.48. The standard InChI is InChI=1S/C15H16N2O3/c18-10-13(8-11-4-2-1-3-5-11)17-15(20)12-6-7-14(19)16-9-12/h1-7,9,13,18H,8,10H2,(H,16,19)(H,17,20)/t13-/m0/s1. The molecule has 1 aromatic heterocycles. The molecule has 5 heteroatoms. The maximum atomic E-state index is 12.0. The van der Waals surface area contributed by atoms with Crippen molar-refractivity contribution in [3.8, 4) is 0 Å². The van der Waals surface area contributed by atoms with Crippen LogP contribution >= 0.6 is 0 Å². The van der Waals surface area contributed by atoms with E-state index in [1.54, 1.807) is 0 Å². The fourth-order valence-electron chi connectivity index (χ4n) is 1.88. The van der Waals surface area contributed by atoms with Gasteiger partial charge in [0, 0.05) is 12.3 Å². The molecule has 0 aliphatic carbocycles. The van der Waals surface area contributed by atoms with Gasteiger partial charge in [-0.05, 0) is 18.1 Å². The number of amides is 1. The summed E-state index contributed by atoms with van der Waals surface area (Å²) >= 11 is 0. The predicted molar refractivity (Wildman–Crippen MR) is 75.5 cm³/mol. The maximum Gasteiger partial charge on any atom is 0.253 e. The van der Waals surface area contributed by atoms with E-state index in [2.05, 4.69) is 10.3 Å². The fourth-order valence-corrected chi connectivity index (χ4v) is 1.88. The Kier molecular flexibility index (Phi) is 4.68. The third-order valence-electron chi connectivity index (χ3n) is 2.93. The van der Waals surface area contributed by atoms with Gasteiger partial charge in [0.2, 0.25) is 5.56 Å². The second kappa shape index (κ2) is 6.68. The zero-order valence-electron chi connectivity index (χ0n) is 10.9. The van der Waals surface area contributed by atoms with E-state index in [-0.39, 0.29) is 24.1 Å². The Morgan fingerprint density at radius 2 is 1.95 bits per heavy atom. The number of nitrogens with one attached hydrogen (secondary N) is 2. The molecule has 0 spiro atoms. The van der Waals surface area contributed by atoms with Crippen LogP contribution in [0.5, 0.6) is 0 Å². The SMILES string of the molecule is O=C(N[C@H](CO)Cc1ccccc1)c1ccc(=O)[nH]c1. The Morgan fingerprint density at radius 3 is 2.55 bits per heavy atom. The zero-order chi connectivity index (χ0) is 14.4. The van der Waals surface area contributed by atoms with Crippen LogP contribution in [0.2, 0.25) is 0 Å². The molecule has 1 heterocycles. The molecule has 1 amide bonds. The molecule has 0 saturated heterocycles. The summed E-state index contributed by atoms with van der Waals surface area (Å²) in [7, 11) is 0. The van der Waals surface area contributed by atoms with Gasteiger partial charge in [0.1, 0.15) is 0 Å². The molecular weight excluding hydrogens is 256 g/mol. The number of carbonyl (C=O) groups is 1. The number of aliphatic hydroxyl groups excluding tert-OH is 1. The number of carbonyl (C=O) groups excluding carboxylic acids is 1. The lowest BCUT2D eigenvalue weighted by Crippen LogP contribution is -2.39. The molecule has 5 nitrogen and oxygen atoms in total. The number of benzene rings is 1. The fraction of sp³-hybridized carbons (Fsp3) is 0.200. The molecule has 0 aliphatic heterocycles. The molecule has 1 aromatic carbocycles. The summed E-state index contributed by atoms with van der Waals surface area (Å²) in [5.41, 5.74) is 1.13. The van der Waals surface area contributed by atoms with E-state index >= 15 is 0 Å². The Labute approximate surface area is 116 Å². The van der Waals surface area contributed by atoms with Gasteiger partial charge in [-0.3, -0.25) is 9.59 Å². The molecule has 2 aromatic rings. The molecule has 0 fully saturated rings. The normalized spacial score (nSPS) is 11.8. The Balaban J connectivity index is 2.01. The first-order valence-electron chi connectivity index (χ1n) is 6.33. The van der Waals surface area contributed by atoms with Gasteiger partial charge in [0.25, 0.3) is 5.91 Å². The van der Waals surface area contributed by atoms with Gasteiger partial charge in [-0.1, -0.05) is 30.3 Å². The summed E-state index contributed by atoms with van der Waals surface area (Å²) < 4.78 is 0. The third kappa shape index (κ3) is 3.80. The first-order chi connectivity index (χ1) is 9.69. The van der Waals surface area contributed by atoms with E-state index in [0.29, 0.717) is 12.0 Å². The van der Waals surface area contributed by atoms with Crippen molar-refractivity contribution in [1.29, 1.82) is 0 Å². The average molecular weight is 272 g/mol. The lowest BCUT2D eigenvalue weighted by molar-refractivity contribution is 0.0916. The largest absolute Gasteiger partial charge is 0.394 e. The lowest BCUT2D eigenvalue weighted by atomic mass is 10.1. The summed E-state index contributed by atoms with van der Waals surface area (Å²) in [6, 6.07) is 12.0. The molecule has 20 heavy (non-hydrogen) atoms. The molecule has 0 aliphatic rings. The molecule has 0 saturated carbocycles. The highest BCUT2D eigenvalue weighted by molar-refractivity contribution is 5.94. The van der Waals surface area contributed by atoms with E-state index < -0.39 is 0 Å². The van der Waals surface area contributed by atoms with Gasteiger partial charge >= 0.3 is 0 Å². The number of pyridine rings is 1. The summed E-state index contributed by atoms with van der Waals surface area (Å²) in [6.07, 6.45) is 1.90. The minimum Gasteiger partial charge on any atom is -0.394 e. The summed E-state index contributed by atoms with van der Waals surface area (Å²) in [5, 5.41) is 12.1. The van der Waals surface area contributed by atoms with Crippen LogP contribution in [0.1, 0.15) is 15.9 Å². The number of aliphatic hydroxyl groups is 1. The van der Waals surface area contributed by atoms with Gasteiger partial charge in [0.05, 0.1) is 18.2 Å². The first kappa shape index (κ1) is 14.0. The number of hydrogen-bond donors (Lipinski definition) is 3. The van der Waals surface area contributed by atoms with Crippen molar-refractivity contribution in [1.82, 2.24) is 10.3 Å². The zero-order valence-corrected chi connectivity index (χ0v) is 10.9. The van der Waals surface area contributed by atoms with Gasteiger partial charge < -0.3 is 15.4 Å². The van der Waals surface area contributed by atoms with Gasteiger partial charge in [0.15, 0.2) is 0 Å². The molecule has 3 N–H and O–H groups in total. The minimum absolute atomic E-state index is 0.149. The van der Waals surface area contributed by atoms with E-state index in [0.717, 1.165) is 5.56 Å². The van der Waals surface area contributed by atoms with Crippen molar-refractivity contribution in [2.75, 3.05) is 6.61 Å². The predicted octanol–water partition coefficient (Wildman–Crippen LogP) is 0.708. The van der Waals surface area contributed by atoms with E-state index in [1.165, 1.54) is 18.3 Å². The number of aromatic nitrogens is 1. The van der Waals surface area contributed by atoms with Crippen LogP contribution in [0.4, 0.5) is 0 Å². The van der Waals surface area contributed by atoms with Crippen molar-refractivity contribution in [2.45, 2.75) is 12.5 Å². The maximum absolute atomic E-state index is 12.0. The Hall–Kier alpha value is -2.40. The van der Waals surface area contributed by atoms with Crippen molar-refractivity contribution in [3.63, 3.8) is 0 Å². The smallest absolute Gasteiger partial charge is 0.253 e. The van der Waals surface area contributed by atoms with E-state index in [4.69, 9.17) is 0 Å². The van der Waals surface area contributed by atoms with Crippen LogP contribution in [0, 0.1) is 0 Å². The minimum atomic E-state index is -0.364. The Morgan fingerprint density at radius 1 is 1.20 bits per heavy atom. The second-order valence-corrected chi connectivity index (χ2v) is 4.48. The number of aromatic amines is 1. The van der Waals surface area contributed by atoms with Gasteiger partial charge in [-0.15, -0.1) is 0 Å². The van der Waals surface area contributed by atoms with Gasteiger partial charge in [-0.2, -0.15) is 0 Å². The van der Waals surface area contributed by atoms with Crippen LogP contribution in [0.25, 0.3) is 0 Å². The molecule has 0 bridgehead atoms. The van der Waals surface area contributed by atoms with E-state index in [9.17, 15) is 14.7 Å². The highest BCUT2D eigenvalue weighted by atomic mass is 16.3. The number of H-pyrrole nitrogens is 1. The van der Waals surface area contributed by atoms with Crippen molar-refractivity contribution in [3.05, 3.63) is 70.1 Å². The van der Waals surface area contributed by atoms with Crippen molar-refractivity contribution >= 4 is 5.91 Å². The summed E-state index contributed by atoms with van der Waals surface area (Å²) in [4.78, 5) is 25.4. The van der Waals surface area contributed by atoms with Crippen LogP contribution in [0.15, 0.2) is 53.5 Å².